The molecule has 1 saturated carbocycles. The molecule has 3 rings (SSSR count). The number of guanidine groups is 1. The van der Waals surface area contributed by atoms with Crippen molar-refractivity contribution in [2.75, 3.05) is 20.1 Å². The molecule has 1 aliphatic heterocycles. The van der Waals surface area contributed by atoms with Gasteiger partial charge < -0.3 is 10.2 Å². The highest BCUT2D eigenvalue weighted by molar-refractivity contribution is 14.0. The van der Waals surface area contributed by atoms with E-state index in [1.807, 2.05) is 11.7 Å². The molecule has 0 amide bonds. The second kappa shape index (κ2) is 9.42. The maximum Gasteiger partial charge on any atom is 0.193 e. The van der Waals surface area contributed by atoms with Crippen LogP contribution >= 0.6 is 24.0 Å². The third-order valence-electron chi connectivity index (χ3n) is 6.31. The molecule has 1 aliphatic carbocycles. The van der Waals surface area contributed by atoms with Gasteiger partial charge in [0.1, 0.15) is 0 Å². The molecule has 0 bridgehead atoms. The van der Waals surface area contributed by atoms with Crippen LogP contribution in [0.4, 0.5) is 0 Å². The highest BCUT2D eigenvalue weighted by Crippen LogP contribution is 2.43. The summed E-state index contributed by atoms with van der Waals surface area (Å²) >= 11 is 0. The van der Waals surface area contributed by atoms with Gasteiger partial charge in [0.25, 0.3) is 0 Å². The van der Waals surface area contributed by atoms with E-state index in [1.165, 1.54) is 62.0 Å². The van der Waals surface area contributed by atoms with Crippen molar-refractivity contribution in [1.29, 1.82) is 0 Å². The molecule has 148 valence electrons. The van der Waals surface area contributed by atoms with Crippen LogP contribution in [-0.2, 0) is 26.4 Å². The summed E-state index contributed by atoms with van der Waals surface area (Å²) in [6.07, 6.45) is 10.4. The first-order valence-corrected chi connectivity index (χ1v) is 10.1. The Morgan fingerprint density at radius 3 is 2.50 bits per heavy atom. The van der Waals surface area contributed by atoms with Crippen LogP contribution in [0, 0.1) is 5.41 Å². The Kier molecular flexibility index (Phi) is 7.79. The summed E-state index contributed by atoms with van der Waals surface area (Å²) in [4.78, 5) is 7.07. The van der Waals surface area contributed by atoms with Gasteiger partial charge in [-0.1, -0.05) is 33.1 Å². The van der Waals surface area contributed by atoms with Crippen molar-refractivity contribution in [2.24, 2.45) is 17.5 Å². The summed E-state index contributed by atoms with van der Waals surface area (Å²) in [5.74, 6) is 1.07. The third-order valence-corrected chi connectivity index (χ3v) is 6.31. The Balaban J connectivity index is 0.00000243. The summed E-state index contributed by atoms with van der Waals surface area (Å²) in [7, 11) is 3.97. The number of nitrogens with one attached hydrogen (secondary N) is 1. The Morgan fingerprint density at radius 2 is 1.88 bits per heavy atom. The molecular weight excluding hydrogens is 437 g/mol. The van der Waals surface area contributed by atoms with E-state index in [0.29, 0.717) is 5.41 Å². The lowest BCUT2D eigenvalue weighted by atomic mass is 9.73. The number of aliphatic imine (C=N–C) groups is 1. The molecule has 5 nitrogen and oxygen atoms in total. The minimum absolute atomic E-state index is 0. The molecule has 2 heterocycles. The van der Waals surface area contributed by atoms with E-state index < -0.39 is 0 Å². The zero-order chi connectivity index (χ0) is 17.9. The van der Waals surface area contributed by atoms with E-state index in [0.717, 1.165) is 31.9 Å². The molecule has 0 radical (unpaired) electrons. The highest BCUT2D eigenvalue weighted by atomic mass is 127. The molecule has 1 aromatic heterocycles. The smallest absolute Gasteiger partial charge is 0.193 e. The summed E-state index contributed by atoms with van der Waals surface area (Å²) in [6, 6.07) is 0. The topological polar surface area (TPSA) is 45.5 Å². The molecule has 26 heavy (non-hydrogen) atoms. The fraction of sp³-hybridized carbons (Fsp3) is 0.800. The first-order chi connectivity index (χ1) is 12.1. The van der Waals surface area contributed by atoms with Gasteiger partial charge >= 0.3 is 0 Å². The Morgan fingerprint density at radius 1 is 1.15 bits per heavy atom. The molecule has 6 heteroatoms. The van der Waals surface area contributed by atoms with Gasteiger partial charge in [-0.15, -0.1) is 24.0 Å². The van der Waals surface area contributed by atoms with Crippen LogP contribution in [0.3, 0.4) is 0 Å². The summed E-state index contributed by atoms with van der Waals surface area (Å²) < 4.78 is 2.05. The largest absolute Gasteiger partial charge is 0.352 e. The van der Waals surface area contributed by atoms with Gasteiger partial charge in [-0.3, -0.25) is 9.67 Å². The number of aryl methyl sites for hydroxylation is 2. The summed E-state index contributed by atoms with van der Waals surface area (Å²) in [5, 5.41) is 8.33. The Bertz CT molecular complexity index is 616. The van der Waals surface area contributed by atoms with E-state index in [-0.39, 0.29) is 24.0 Å². The Hall–Kier alpha value is -0.790. The standard InChI is InChI=1S/C20H35N5.HI/c1-5-17-16(18(6-2)24(4)23-17)14-22-19(21-3)25-13-12-20(15-25)10-8-7-9-11-20;/h5-15H2,1-4H3,(H,21,22);1H. The molecule has 0 aromatic carbocycles. The van der Waals surface area contributed by atoms with Gasteiger partial charge in [-0.05, 0) is 37.5 Å². The lowest BCUT2D eigenvalue weighted by Crippen LogP contribution is -2.41. The van der Waals surface area contributed by atoms with Crippen LogP contribution in [0.2, 0.25) is 0 Å². The molecule has 1 saturated heterocycles. The normalized spacial score (nSPS) is 19.7. The molecular formula is C20H36IN5. The molecule has 1 spiro atoms. The number of aromatic nitrogens is 2. The monoisotopic (exact) mass is 473 g/mol. The summed E-state index contributed by atoms with van der Waals surface area (Å²) in [5.41, 5.74) is 4.48. The minimum Gasteiger partial charge on any atom is -0.352 e. The minimum atomic E-state index is 0. The van der Waals surface area contributed by atoms with Crippen LogP contribution in [0.5, 0.6) is 0 Å². The van der Waals surface area contributed by atoms with Gasteiger partial charge in [-0.2, -0.15) is 5.10 Å². The predicted octanol–water partition coefficient (Wildman–Crippen LogP) is 3.89. The lowest BCUT2D eigenvalue weighted by molar-refractivity contribution is 0.203. The van der Waals surface area contributed by atoms with E-state index in [4.69, 9.17) is 5.10 Å². The van der Waals surface area contributed by atoms with Crippen molar-refractivity contribution in [2.45, 2.75) is 71.8 Å². The van der Waals surface area contributed by atoms with Crippen molar-refractivity contribution in [3.63, 3.8) is 0 Å². The van der Waals surface area contributed by atoms with Crippen molar-refractivity contribution in [3.05, 3.63) is 17.0 Å². The quantitative estimate of drug-likeness (QED) is 0.410. The first kappa shape index (κ1) is 21.5. The van der Waals surface area contributed by atoms with E-state index in [9.17, 15) is 0 Å². The summed E-state index contributed by atoms with van der Waals surface area (Å²) in [6.45, 7) is 7.56. The number of hydrogen-bond donors (Lipinski definition) is 1. The van der Waals surface area contributed by atoms with Gasteiger partial charge in [0, 0.05) is 45.0 Å². The van der Waals surface area contributed by atoms with E-state index in [1.54, 1.807) is 0 Å². The average Bonchev–Trinajstić information content (AvgIpc) is 3.17. The molecule has 1 aromatic rings. The van der Waals surface area contributed by atoms with Crippen LogP contribution in [-0.4, -0.2) is 40.8 Å². The van der Waals surface area contributed by atoms with Gasteiger partial charge in [0.15, 0.2) is 5.96 Å². The average molecular weight is 473 g/mol. The highest BCUT2D eigenvalue weighted by Gasteiger charge is 2.39. The zero-order valence-corrected chi connectivity index (χ0v) is 19.3. The first-order valence-electron chi connectivity index (χ1n) is 10.1. The van der Waals surface area contributed by atoms with E-state index >= 15 is 0 Å². The lowest BCUT2D eigenvalue weighted by Gasteiger charge is -2.33. The SMILES string of the molecule is CCc1nn(C)c(CC)c1CNC(=NC)N1CCC2(CCCCC2)C1.I. The van der Waals surface area contributed by atoms with E-state index in [2.05, 4.69) is 36.1 Å². The fourth-order valence-electron chi connectivity index (χ4n) is 4.92. The number of rotatable bonds is 4. The van der Waals surface area contributed by atoms with Gasteiger partial charge in [-0.25, -0.2) is 0 Å². The molecule has 0 unspecified atom stereocenters. The van der Waals surface area contributed by atoms with Crippen LogP contribution in [0.25, 0.3) is 0 Å². The van der Waals surface area contributed by atoms with Crippen molar-refractivity contribution in [3.8, 4) is 0 Å². The fourth-order valence-corrected chi connectivity index (χ4v) is 4.92. The van der Waals surface area contributed by atoms with Crippen LogP contribution in [0.1, 0.15) is 69.3 Å². The molecule has 2 aliphatic rings. The van der Waals surface area contributed by atoms with Crippen molar-refractivity contribution >= 4 is 29.9 Å². The second-order valence-electron chi connectivity index (χ2n) is 7.84. The maximum absolute atomic E-state index is 4.69. The zero-order valence-electron chi connectivity index (χ0n) is 17.0. The number of likely N-dealkylation sites (tertiary alicyclic amines) is 1. The van der Waals surface area contributed by atoms with Crippen molar-refractivity contribution < 1.29 is 0 Å². The van der Waals surface area contributed by atoms with Crippen molar-refractivity contribution in [1.82, 2.24) is 20.0 Å². The van der Waals surface area contributed by atoms with Crippen LogP contribution in [0.15, 0.2) is 4.99 Å². The van der Waals surface area contributed by atoms with Crippen LogP contribution < -0.4 is 5.32 Å². The number of hydrogen-bond acceptors (Lipinski definition) is 2. The molecule has 2 fully saturated rings. The predicted molar refractivity (Wildman–Crippen MR) is 119 cm³/mol. The second-order valence-corrected chi connectivity index (χ2v) is 7.84. The number of nitrogens with zero attached hydrogens (tertiary/aromatic N) is 4. The Labute approximate surface area is 176 Å². The maximum atomic E-state index is 4.69. The number of halogens is 1. The molecule has 0 atom stereocenters. The third kappa shape index (κ3) is 4.37. The molecule has 1 N–H and O–H groups in total. The van der Waals surface area contributed by atoms with Gasteiger partial charge in [0.05, 0.1) is 5.69 Å². The van der Waals surface area contributed by atoms with Gasteiger partial charge in [0.2, 0.25) is 0 Å².